The Morgan fingerprint density at radius 3 is 2.53 bits per heavy atom. The first-order valence-corrected chi connectivity index (χ1v) is 10.7. The molecule has 2 amide bonds. The van der Waals surface area contributed by atoms with E-state index >= 15 is 0 Å². The molecule has 4 aromatic rings. The summed E-state index contributed by atoms with van der Waals surface area (Å²) in [4.78, 5) is 36.1. The standard InChI is InChI=1S/C26H21N5O3/c1-34-24-12-6-10-21(29-24)25(32)30-23-14-13-17(15-27-23)26(33)31-16-18-7-2-3-8-19(18)28-20-9-4-5-11-22(20)31/h2-15,28H,16H2,1H3,(H,27,30,32). The average molecular weight is 451 g/mol. The zero-order chi connectivity index (χ0) is 23.5. The predicted octanol–water partition coefficient (Wildman–Crippen LogP) is 4.64. The maximum atomic E-state index is 13.5. The van der Waals surface area contributed by atoms with Gasteiger partial charge in [-0.05, 0) is 42.0 Å². The van der Waals surface area contributed by atoms with Crippen molar-refractivity contribution in [3.05, 3.63) is 102 Å². The molecular weight excluding hydrogens is 430 g/mol. The molecule has 0 atom stereocenters. The number of nitrogens with one attached hydrogen (secondary N) is 2. The van der Waals surface area contributed by atoms with Crippen molar-refractivity contribution in [3.8, 4) is 5.88 Å². The molecule has 0 fully saturated rings. The highest BCUT2D eigenvalue weighted by molar-refractivity contribution is 6.08. The molecule has 8 nitrogen and oxygen atoms in total. The maximum absolute atomic E-state index is 13.5. The molecule has 8 heteroatoms. The van der Waals surface area contributed by atoms with Gasteiger partial charge in [0.2, 0.25) is 5.88 Å². The highest BCUT2D eigenvalue weighted by Gasteiger charge is 2.25. The van der Waals surface area contributed by atoms with Crippen LogP contribution in [0.4, 0.5) is 22.9 Å². The number of benzene rings is 2. The summed E-state index contributed by atoms with van der Waals surface area (Å²) in [6.45, 7) is 0.416. The lowest BCUT2D eigenvalue weighted by Gasteiger charge is -2.22. The fourth-order valence-electron chi connectivity index (χ4n) is 3.76. The summed E-state index contributed by atoms with van der Waals surface area (Å²) in [7, 11) is 1.48. The average Bonchev–Trinajstić information content (AvgIpc) is 3.05. The minimum Gasteiger partial charge on any atom is -0.481 e. The second kappa shape index (κ2) is 9.03. The van der Waals surface area contributed by atoms with E-state index in [2.05, 4.69) is 20.6 Å². The van der Waals surface area contributed by atoms with Gasteiger partial charge in [-0.25, -0.2) is 9.97 Å². The molecule has 0 saturated carbocycles. The van der Waals surface area contributed by atoms with Crippen LogP contribution in [0.1, 0.15) is 26.4 Å². The summed E-state index contributed by atoms with van der Waals surface area (Å²) in [5.74, 6) is 0.0465. The van der Waals surface area contributed by atoms with Crippen molar-refractivity contribution in [1.82, 2.24) is 9.97 Å². The number of aromatic nitrogens is 2. The van der Waals surface area contributed by atoms with Crippen LogP contribution in [0.2, 0.25) is 0 Å². The third-order valence-electron chi connectivity index (χ3n) is 5.47. The lowest BCUT2D eigenvalue weighted by atomic mass is 10.1. The summed E-state index contributed by atoms with van der Waals surface area (Å²) in [5, 5.41) is 6.11. The van der Waals surface area contributed by atoms with Crippen LogP contribution in [0, 0.1) is 0 Å². The fraction of sp³-hybridized carbons (Fsp3) is 0.0769. The molecule has 168 valence electrons. The summed E-state index contributed by atoms with van der Waals surface area (Å²) < 4.78 is 5.06. The number of pyridine rings is 2. The van der Waals surface area contributed by atoms with Gasteiger partial charge in [0.15, 0.2) is 0 Å². The lowest BCUT2D eigenvalue weighted by Crippen LogP contribution is -2.30. The Labute approximate surface area is 196 Å². The number of ether oxygens (including phenoxy) is 1. The van der Waals surface area contributed by atoms with E-state index in [0.717, 1.165) is 22.6 Å². The molecule has 5 rings (SSSR count). The normalized spacial score (nSPS) is 12.0. The van der Waals surface area contributed by atoms with Crippen molar-refractivity contribution in [1.29, 1.82) is 0 Å². The first-order chi connectivity index (χ1) is 16.6. The summed E-state index contributed by atoms with van der Waals surface area (Å²) in [6.07, 6.45) is 1.46. The van der Waals surface area contributed by atoms with E-state index in [4.69, 9.17) is 4.74 Å². The van der Waals surface area contributed by atoms with E-state index in [1.165, 1.54) is 13.3 Å². The van der Waals surface area contributed by atoms with E-state index in [-0.39, 0.29) is 11.6 Å². The fourth-order valence-corrected chi connectivity index (χ4v) is 3.76. The predicted molar refractivity (Wildman–Crippen MR) is 130 cm³/mol. The van der Waals surface area contributed by atoms with Crippen LogP contribution in [0.15, 0.2) is 85.1 Å². The monoisotopic (exact) mass is 451 g/mol. The number of carbonyl (C=O) groups excluding carboxylic acids is 2. The molecule has 34 heavy (non-hydrogen) atoms. The summed E-state index contributed by atoms with van der Waals surface area (Å²) in [6, 6.07) is 23.8. The number of hydrogen-bond acceptors (Lipinski definition) is 6. The van der Waals surface area contributed by atoms with E-state index in [9.17, 15) is 9.59 Å². The second-order valence-corrected chi connectivity index (χ2v) is 7.64. The Balaban J connectivity index is 1.38. The molecule has 3 heterocycles. The third kappa shape index (κ3) is 4.16. The van der Waals surface area contributed by atoms with Gasteiger partial charge in [-0.2, -0.15) is 0 Å². The largest absolute Gasteiger partial charge is 0.481 e. The SMILES string of the molecule is COc1cccc(C(=O)Nc2ccc(C(=O)N3Cc4ccccc4Nc4ccccc43)cn2)n1. The van der Waals surface area contributed by atoms with Crippen molar-refractivity contribution in [2.45, 2.75) is 6.54 Å². The maximum Gasteiger partial charge on any atom is 0.275 e. The number of fused-ring (bicyclic) bond motifs is 2. The smallest absolute Gasteiger partial charge is 0.275 e. The molecule has 0 saturated heterocycles. The first-order valence-electron chi connectivity index (χ1n) is 10.7. The van der Waals surface area contributed by atoms with Crippen LogP contribution in [-0.4, -0.2) is 28.9 Å². The van der Waals surface area contributed by atoms with E-state index in [0.29, 0.717) is 23.8 Å². The van der Waals surface area contributed by atoms with E-state index < -0.39 is 5.91 Å². The quantitative estimate of drug-likeness (QED) is 0.469. The molecule has 0 bridgehead atoms. The van der Waals surface area contributed by atoms with Gasteiger partial charge >= 0.3 is 0 Å². The van der Waals surface area contributed by atoms with Crippen LogP contribution in [0.25, 0.3) is 0 Å². The zero-order valence-electron chi connectivity index (χ0n) is 18.4. The molecule has 0 aliphatic carbocycles. The topological polar surface area (TPSA) is 96.5 Å². The molecule has 0 unspecified atom stereocenters. The number of hydrogen-bond donors (Lipinski definition) is 2. The van der Waals surface area contributed by atoms with E-state index in [1.807, 2.05) is 48.5 Å². The van der Waals surface area contributed by atoms with Gasteiger partial charge in [-0.15, -0.1) is 0 Å². The van der Waals surface area contributed by atoms with Gasteiger partial charge in [0.05, 0.1) is 30.6 Å². The first kappa shape index (κ1) is 21.1. The van der Waals surface area contributed by atoms with E-state index in [1.54, 1.807) is 35.2 Å². The Kier molecular flexibility index (Phi) is 5.61. The molecule has 2 N–H and O–H groups in total. The Bertz CT molecular complexity index is 1370. The lowest BCUT2D eigenvalue weighted by molar-refractivity contribution is 0.0984. The number of amides is 2. The molecular formula is C26H21N5O3. The molecule has 1 aliphatic heterocycles. The number of rotatable bonds is 4. The molecule has 0 spiro atoms. The zero-order valence-corrected chi connectivity index (χ0v) is 18.4. The summed E-state index contributed by atoms with van der Waals surface area (Å²) in [5.41, 5.74) is 4.22. The van der Waals surface area contributed by atoms with Crippen LogP contribution in [0.5, 0.6) is 5.88 Å². The number of para-hydroxylation sites is 3. The Morgan fingerprint density at radius 1 is 0.941 bits per heavy atom. The van der Waals surface area contributed by atoms with Gasteiger partial charge in [-0.3, -0.25) is 9.59 Å². The number of nitrogens with zero attached hydrogens (tertiary/aromatic N) is 3. The molecule has 1 aliphatic rings. The highest BCUT2D eigenvalue weighted by Crippen LogP contribution is 2.36. The van der Waals surface area contributed by atoms with Crippen LogP contribution >= 0.6 is 0 Å². The third-order valence-corrected chi connectivity index (χ3v) is 5.47. The van der Waals surface area contributed by atoms with Gasteiger partial charge in [0.1, 0.15) is 11.5 Å². The number of anilines is 4. The van der Waals surface area contributed by atoms with Crippen molar-refractivity contribution >= 4 is 34.7 Å². The number of methoxy groups -OCH3 is 1. The van der Waals surface area contributed by atoms with Crippen molar-refractivity contribution < 1.29 is 14.3 Å². The number of carbonyl (C=O) groups is 2. The van der Waals surface area contributed by atoms with Gasteiger partial charge in [0.25, 0.3) is 11.8 Å². The molecule has 0 radical (unpaired) electrons. The van der Waals surface area contributed by atoms with Crippen LogP contribution in [-0.2, 0) is 6.54 Å². The Hall–Kier alpha value is -4.72. The van der Waals surface area contributed by atoms with Crippen LogP contribution < -0.4 is 20.3 Å². The minimum absolute atomic E-state index is 0.189. The molecule has 2 aromatic heterocycles. The highest BCUT2D eigenvalue weighted by atomic mass is 16.5. The Morgan fingerprint density at radius 2 is 1.74 bits per heavy atom. The van der Waals surface area contributed by atoms with Gasteiger partial charge in [0, 0.05) is 18.0 Å². The van der Waals surface area contributed by atoms with Crippen molar-refractivity contribution in [3.63, 3.8) is 0 Å². The van der Waals surface area contributed by atoms with Gasteiger partial charge < -0.3 is 20.3 Å². The minimum atomic E-state index is -0.422. The van der Waals surface area contributed by atoms with Gasteiger partial charge in [-0.1, -0.05) is 36.4 Å². The van der Waals surface area contributed by atoms with Crippen LogP contribution in [0.3, 0.4) is 0 Å². The van der Waals surface area contributed by atoms with Crippen molar-refractivity contribution in [2.75, 3.05) is 22.6 Å². The van der Waals surface area contributed by atoms with Crippen molar-refractivity contribution in [2.24, 2.45) is 0 Å². The molecule has 2 aromatic carbocycles. The second-order valence-electron chi connectivity index (χ2n) is 7.64. The summed E-state index contributed by atoms with van der Waals surface area (Å²) >= 11 is 0.